The van der Waals surface area contributed by atoms with E-state index < -0.39 is 11.8 Å². The minimum absolute atomic E-state index is 0.0222. The third-order valence-electron chi connectivity index (χ3n) is 3.53. The SMILES string of the molecule is COc1cccc(NC2=C(Cl)C(=O)N(c3ccc(Cl)c(Cl)c3)C2=O)c1. The van der Waals surface area contributed by atoms with E-state index in [1.165, 1.54) is 25.3 Å². The van der Waals surface area contributed by atoms with Gasteiger partial charge in [0.25, 0.3) is 11.8 Å². The van der Waals surface area contributed by atoms with Crippen molar-refractivity contribution in [2.75, 3.05) is 17.3 Å². The lowest BCUT2D eigenvalue weighted by Crippen LogP contribution is -2.32. The highest BCUT2D eigenvalue weighted by Crippen LogP contribution is 2.33. The first kappa shape index (κ1) is 17.6. The number of nitrogens with zero attached hydrogens (tertiary/aromatic N) is 1. The summed E-state index contributed by atoms with van der Waals surface area (Å²) in [5, 5.41) is 3.20. The molecule has 0 spiro atoms. The Morgan fingerprint density at radius 3 is 2.40 bits per heavy atom. The number of imide groups is 1. The average Bonchev–Trinajstić information content (AvgIpc) is 2.81. The second-order valence-electron chi connectivity index (χ2n) is 5.09. The van der Waals surface area contributed by atoms with Crippen LogP contribution < -0.4 is 15.0 Å². The number of ether oxygens (including phenoxy) is 1. The van der Waals surface area contributed by atoms with Gasteiger partial charge in [0.1, 0.15) is 16.5 Å². The number of nitrogens with one attached hydrogen (secondary N) is 1. The van der Waals surface area contributed by atoms with Crippen molar-refractivity contribution < 1.29 is 14.3 Å². The Balaban J connectivity index is 1.92. The lowest BCUT2D eigenvalue weighted by Gasteiger charge is -2.15. The van der Waals surface area contributed by atoms with Crippen molar-refractivity contribution >= 4 is 58.0 Å². The second-order valence-corrected chi connectivity index (χ2v) is 6.28. The molecule has 1 aliphatic rings. The molecule has 0 saturated heterocycles. The quantitative estimate of drug-likeness (QED) is 0.775. The van der Waals surface area contributed by atoms with E-state index in [-0.39, 0.29) is 21.4 Å². The number of methoxy groups -OCH3 is 1. The van der Waals surface area contributed by atoms with E-state index in [1.54, 1.807) is 24.3 Å². The van der Waals surface area contributed by atoms with Gasteiger partial charge in [-0.1, -0.05) is 40.9 Å². The van der Waals surface area contributed by atoms with Gasteiger partial charge in [-0.2, -0.15) is 0 Å². The monoisotopic (exact) mass is 396 g/mol. The maximum Gasteiger partial charge on any atom is 0.283 e. The number of carbonyl (C=O) groups is 2. The Bertz CT molecular complexity index is 912. The summed E-state index contributed by atoms with van der Waals surface area (Å²) in [6.07, 6.45) is 0. The van der Waals surface area contributed by atoms with Crippen molar-refractivity contribution in [1.29, 1.82) is 0 Å². The van der Waals surface area contributed by atoms with Crippen LogP contribution in [-0.2, 0) is 9.59 Å². The zero-order valence-corrected chi connectivity index (χ0v) is 15.1. The minimum atomic E-state index is -0.643. The minimum Gasteiger partial charge on any atom is -0.497 e. The first-order valence-electron chi connectivity index (χ1n) is 7.07. The normalized spacial score (nSPS) is 14.3. The molecule has 2 aromatic rings. The predicted octanol–water partition coefficient (Wildman–Crippen LogP) is 4.44. The van der Waals surface area contributed by atoms with Gasteiger partial charge >= 0.3 is 0 Å². The highest BCUT2D eigenvalue weighted by molar-refractivity contribution is 6.53. The first-order valence-corrected chi connectivity index (χ1v) is 8.20. The highest BCUT2D eigenvalue weighted by Gasteiger charge is 2.39. The lowest BCUT2D eigenvalue weighted by atomic mass is 10.2. The van der Waals surface area contributed by atoms with Gasteiger partial charge in [0.05, 0.1) is 22.8 Å². The molecule has 0 atom stereocenters. The molecular formula is C17H11Cl3N2O3. The zero-order chi connectivity index (χ0) is 18.1. The lowest BCUT2D eigenvalue weighted by molar-refractivity contribution is -0.120. The van der Waals surface area contributed by atoms with Crippen LogP contribution in [0.2, 0.25) is 10.0 Å². The van der Waals surface area contributed by atoms with Crippen LogP contribution in [0.15, 0.2) is 53.2 Å². The van der Waals surface area contributed by atoms with Crippen molar-refractivity contribution in [3.63, 3.8) is 0 Å². The molecule has 0 aromatic heterocycles. The molecule has 0 fully saturated rings. The molecular weight excluding hydrogens is 387 g/mol. The van der Waals surface area contributed by atoms with Gasteiger partial charge in [0.2, 0.25) is 0 Å². The molecule has 1 N–H and O–H groups in total. The van der Waals surface area contributed by atoms with Crippen LogP contribution in [-0.4, -0.2) is 18.9 Å². The van der Waals surface area contributed by atoms with Crippen molar-refractivity contribution in [2.24, 2.45) is 0 Å². The van der Waals surface area contributed by atoms with E-state index in [0.29, 0.717) is 16.5 Å². The predicted molar refractivity (Wildman–Crippen MR) is 98.5 cm³/mol. The number of hydrogen-bond donors (Lipinski definition) is 1. The van der Waals surface area contributed by atoms with Gasteiger partial charge < -0.3 is 10.1 Å². The number of anilines is 2. The largest absolute Gasteiger partial charge is 0.497 e. The molecule has 2 aromatic carbocycles. The van der Waals surface area contributed by atoms with Crippen molar-refractivity contribution in [3.05, 3.63) is 63.2 Å². The highest BCUT2D eigenvalue weighted by atomic mass is 35.5. The number of amides is 2. The van der Waals surface area contributed by atoms with Crippen LogP contribution >= 0.6 is 34.8 Å². The van der Waals surface area contributed by atoms with Crippen LogP contribution in [0, 0.1) is 0 Å². The van der Waals surface area contributed by atoms with Crippen LogP contribution in [0.1, 0.15) is 0 Å². The number of carbonyl (C=O) groups excluding carboxylic acids is 2. The number of benzene rings is 2. The summed E-state index contributed by atoms with van der Waals surface area (Å²) in [5.74, 6) is -0.633. The Morgan fingerprint density at radius 1 is 0.960 bits per heavy atom. The number of rotatable bonds is 4. The molecule has 0 radical (unpaired) electrons. The fraction of sp³-hybridized carbons (Fsp3) is 0.0588. The summed E-state index contributed by atoms with van der Waals surface area (Å²) in [6.45, 7) is 0. The van der Waals surface area contributed by atoms with Gasteiger partial charge in [-0.05, 0) is 30.3 Å². The molecule has 0 saturated carbocycles. The topological polar surface area (TPSA) is 58.6 Å². The van der Waals surface area contributed by atoms with Crippen molar-refractivity contribution in [1.82, 2.24) is 0 Å². The molecule has 1 heterocycles. The molecule has 3 rings (SSSR count). The molecule has 5 nitrogen and oxygen atoms in total. The first-order chi connectivity index (χ1) is 11.9. The van der Waals surface area contributed by atoms with E-state index in [9.17, 15) is 9.59 Å². The van der Waals surface area contributed by atoms with Crippen LogP contribution in [0.3, 0.4) is 0 Å². The Kier molecular flexibility index (Phi) is 4.90. The third kappa shape index (κ3) is 3.31. The molecule has 25 heavy (non-hydrogen) atoms. The molecule has 0 bridgehead atoms. The summed E-state index contributed by atoms with van der Waals surface area (Å²) in [6, 6.07) is 11.3. The number of halogens is 3. The van der Waals surface area contributed by atoms with Crippen LogP contribution in [0.4, 0.5) is 11.4 Å². The maximum absolute atomic E-state index is 12.7. The second kappa shape index (κ2) is 6.96. The zero-order valence-electron chi connectivity index (χ0n) is 12.8. The fourth-order valence-corrected chi connectivity index (χ4v) is 2.82. The summed E-state index contributed by atoms with van der Waals surface area (Å²) in [5.41, 5.74) is 0.820. The van der Waals surface area contributed by atoms with Crippen molar-refractivity contribution in [2.45, 2.75) is 0 Å². The van der Waals surface area contributed by atoms with Gasteiger partial charge in [0, 0.05) is 11.8 Å². The fourth-order valence-electron chi connectivity index (χ4n) is 2.32. The van der Waals surface area contributed by atoms with Crippen LogP contribution in [0.5, 0.6) is 5.75 Å². The average molecular weight is 398 g/mol. The molecule has 128 valence electrons. The van der Waals surface area contributed by atoms with E-state index in [1.807, 2.05) is 0 Å². The maximum atomic E-state index is 12.7. The smallest absolute Gasteiger partial charge is 0.283 e. The van der Waals surface area contributed by atoms with Gasteiger partial charge in [0.15, 0.2) is 0 Å². The molecule has 1 aliphatic heterocycles. The van der Waals surface area contributed by atoms with E-state index in [2.05, 4.69) is 5.32 Å². The summed E-state index contributed by atoms with van der Waals surface area (Å²) < 4.78 is 5.13. The molecule has 8 heteroatoms. The molecule has 2 amide bonds. The van der Waals surface area contributed by atoms with Gasteiger partial charge in [-0.3, -0.25) is 9.59 Å². The van der Waals surface area contributed by atoms with Crippen molar-refractivity contribution in [3.8, 4) is 5.75 Å². The van der Waals surface area contributed by atoms with Crippen LogP contribution in [0.25, 0.3) is 0 Å². The van der Waals surface area contributed by atoms with Gasteiger partial charge in [-0.25, -0.2) is 4.90 Å². The summed E-state index contributed by atoms with van der Waals surface area (Å²) in [4.78, 5) is 26.0. The summed E-state index contributed by atoms with van der Waals surface area (Å²) in [7, 11) is 1.53. The Hall–Kier alpha value is -2.21. The summed E-state index contributed by atoms with van der Waals surface area (Å²) >= 11 is 17.9. The van der Waals surface area contributed by atoms with E-state index >= 15 is 0 Å². The molecule has 0 aliphatic carbocycles. The van der Waals surface area contributed by atoms with Gasteiger partial charge in [-0.15, -0.1) is 0 Å². The molecule has 0 unspecified atom stereocenters. The number of hydrogen-bond acceptors (Lipinski definition) is 4. The third-order valence-corrected chi connectivity index (χ3v) is 4.62. The Labute approximate surface area is 158 Å². The van der Waals surface area contributed by atoms with E-state index in [0.717, 1.165) is 4.90 Å². The van der Waals surface area contributed by atoms with E-state index in [4.69, 9.17) is 39.5 Å². The Morgan fingerprint density at radius 2 is 1.72 bits per heavy atom. The standard InChI is InChI=1S/C17H11Cl3N2O3/c1-25-11-4-2-3-9(7-11)21-15-14(20)16(23)22(17(15)24)10-5-6-12(18)13(19)8-10/h2-8,21H,1H3.